The molecule has 0 radical (unpaired) electrons. The van der Waals surface area contributed by atoms with Crippen LogP contribution >= 0.6 is 0 Å². The maximum atomic E-state index is 12.3. The molecule has 1 aliphatic heterocycles. The van der Waals surface area contributed by atoms with Crippen molar-refractivity contribution in [3.05, 3.63) is 71.4 Å². The Kier molecular flexibility index (Phi) is 4.46. The summed E-state index contributed by atoms with van der Waals surface area (Å²) in [4.78, 5) is 40.9. The van der Waals surface area contributed by atoms with E-state index in [-0.39, 0.29) is 30.7 Å². The Balaban J connectivity index is 1.26. The summed E-state index contributed by atoms with van der Waals surface area (Å²) in [5, 5.41) is 3.99. The Morgan fingerprint density at radius 3 is 2.48 bits per heavy atom. The monoisotopic (exact) mass is 361 g/mol. The van der Waals surface area contributed by atoms with Crippen molar-refractivity contribution in [3.63, 3.8) is 0 Å². The first-order valence-corrected chi connectivity index (χ1v) is 8.91. The fraction of sp³-hybridized carbons (Fsp3) is 0.190. The second-order valence-electron chi connectivity index (χ2n) is 6.56. The van der Waals surface area contributed by atoms with Crippen molar-refractivity contribution in [1.29, 1.82) is 0 Å². The number of hydrogen-bond acceptors (Lipinski definition) is 3. The Morgan fingerprint density at radius 1 is 1.00 bits per heavy atom. The maximum Gasteiger partial charge on any atom is 0.261 e. The van der Waals surface area contributed by atoms with Crippen LogP contribution in [0.4, 0.5) is 0 Å². The Labute approximate surface area is 156 Å². The number of H-pyrrole nitrogens is 1. The lowest BCUT2D eigenvalue weighted by molar-refractivity contribution is -0.121. The predicted octanol–water partition coefficient (Wildman–Crippen LogP) is 2.51. The largest absolute Gasteiger partial charge is 0.361 e. The molecule has 136 valence electrons. The molecule has 0 fully saturated rings. The zero-order valence-corrected chi connectivity index (χ0v) is 14.7. The van der Waals surface area contributed by atoms with Crippen LogP contribution in [0.25, 0.3) is 10.9 Å². The molecule has 1 aromatic heterocycles. The Hall–Kier alpha value is -3.41. The van der Waals surface area contributed by atoms with Crippen molar-refractivity contribution < 1.29 is 14.4 Å². The molecule has 2 heterocycles. The maximum absolute atomic E-state index is 12.3. The van der Waals surface area contributed by atoms with Crippen molar-refractivity contribution in [2.24, 2.45) is 0 Å². The number of fused-ring (bicyclic) bond motifs is 2. The van der Waals surface area contributed by atoms with E-state index in [9.17, 15) is 14.4 Å². The van der Waals surface area contributed by atoms with E-state index in [1.54, 1.807) is 24.3 Å². The molecule has 27 heavy (non-hydrogen) atoms. The number of benzene rings is 2. The lowest BCUT2D eigenvalue weighted by atomic mass is 10.1. The number of rotatable bonds is 6. The molecule has 3 aromatic rings. The molecule has 6 heteroatoms. The SMILES string of the molecule is O=C(CCN1C(=O)c2ccccc2C1=O)NCCc1ccc2[nH]ccc2c1. The quantitative estimate of drug-likeness (QED) is 0.662. The third-order valence-corrected chi connectivity index (χ3v) is 4.79. The van der Waals surface area contributed by atoms with E-state index in [0.29, 0.717) is 17.7 Å². The van der Waals surface area contributed by atoms with Gasteiger partial charge in [-0.25, -0.2) is 0 Å². The highest BCUT2D eigenvalue weighted by Crippen LogP contribution is 2.22. The second kappa shape index (κ2) is 7.07. The van der Waals surface area contributed by atoms with Crippen LogP contribution < -0.4 is 5.32 Å². The molecule has 0 saturated carbocycles. The number of amides is 3. The first kappa shape index (κ1) is 17.0. The number of aromatic amines is 1. The molecule has 0 aliphatic carbocycles. The van der Waals surface area contributed by atoms with Gasteiger partial charge in [0.25, 0.3) is 11.8 Å². The smallest absolute Gasteiger partial charge is 0.261 e. The van der Waals surface area contributed by atoms with Gasteiger partial charge in [-0.1, -0.05) is 18.2 Å². The summed E-state index contributed by atoms with van der Waals surface area (Å²) in [7, 11) is 0. The van der Waals surface area contributed by atoms with E-state index >= 15 is 0 Å². The van der Waals surface area contributed by atoms with E-state index < -0.39 is 0 Å². The van der Waals surface area contributed by atoms with Gasteiger partial charge in [-0.2, -0.15) is 0 Å². The van der Waals surface area contributed by atoms with Gasteiger partial charge in [0.05, 0.1) is 11.1 Å². The Morgan fingerprint density at radius 2 is 1.74 bits per heavy atom. The van der Waals surface area contributed by atoms with E-state index in [2.05, 4.69) is 16.4 Å². The van der Waals surface area contributed by atoms with E-state index in [4.69, 9.17) is 0 Å². The minimum Gasteiger partial charge on any atom is -0.361 e. The summed E-state index contributed by atoms with van der Waals surface area (Å²) in [5.74, 6) is -0.833. The molecular weight excluding hydrogens is 342 g/mol. The molecule has 0 spiro atoms. The molecule has 0 unspecified atom stereocenters. The van der Waals surface area contributed by atoms with Gasteiger partial charge >= 0.3 is 0 Å². The minimum atomic E-state index is -0.330. The van der Waals surface area contributed by atoms with Crippen molar-refractivity contribution >= 4 is 28.6 Å². The van der Waals surface area contributed by atoms with Gasteiger partial charge in [0.1, 0.15) is 0 Å². The van der Waals surface area contributed by atoms with Gasteiger partial charge < -0.3 is 10.3 Å². The van der Waals surface area contributed by atoms with Crippen molar-refractivity contribution in [2.45, 2.75) is 12.8 Å². The van der Waals surface area contributed by atoms with Crippen LogP contribution in [0, 0.1) is 0 Å². The lowest BCUT2D eigenvalue weighted by Crippen LogP contribution is -2.35. The average Bonchev–Trinajstić information content (AvgIpc) is 3.24. The van der Waals surface area contributed by atoms with Crippen molar-refractivity contribution in [1.82, 2.24) is 15.2 Å². The Bertz CT molecular complexity index is 1000. The van der Waals surface area contributed by atoms with Crippen LogP contribution in [-0.4, -0.2) is 40.7 Å². The number of aromatic nitrogens is 1. The first-order valence-electron chi connectivity index (χ1n) is 8.91. The molecule has 6 nitrogen and oxygen atoms in total. The molecule has 2 N–H and O–H groups in total. The molecular formula is C21H19N3O3. The molecule has 4 rings (SSSR count). The van der Waals surface area contributed by atoms with Gasteiger partial charge in [-0.3, -0.25) is 19.3 Å². The van der Waals surface area contributed by atoms with Crippen molar-refractivity contribution in [3.8, 4) is 0 Å². The zero-order valence-electron chi connectivity index (χ0n) is 14.7. The van der Waals surface area contributed by atoms with E-state index in [1.807, 2.05) is 24.4 Å². The van der Waals surface area contributed by atoms with Crippen LogP contribution in [0.15, 0.2) is 54.7 Å². The molecule has 0 bridgehead atoms. The topological polar surface area (TPSA) is 82.3 Å². The van der Waals surface area contributed by atoms with Crippen LogP contribution in [-0.2, 0) is 11.2 Å². The number of carbonyl (C=O) groups is 3. The fourth-order valence-corrected chi connectivity index (χ4v) is 3.35. The summed E-state index contributed by atoms with van der Waals surface area (Å²) in [6.45, 7) is 0.602. The van der Waals surface area contributed by atoms with Crippen LogP contribution in [0.2, 0.25) is 0 Å². The highest BCUT2D eigenvalue weighted by molar-refractivity contribution is 6.21. The van der Waals surface area contributed by atoms with Gasteiger partial charge in [0.15, 0.2) is 0 Å². The molecule has 1 aliphatic rings. The highest BCUT2D eigenvalue weighted by atomic mass is 16.2. The molecule has 0 atom stereocenters. The highest BCUT2D eigenvalue weighted by Gasteiger charge is 2.34. The summed E-state index contributed by atoms with van der Waals surface area (Å²) in [6.07, 6.45) is 2.72. The van der Waals surface area contributed by atoms with Gasteiger partial charge in [0, 0.05) is 31.2 Å². The predicted molar refractivity (Wildman–Crippen MR) is 101 cm³/mol. The van der Waals surface area contributed by atoms with Crippen LogP contribution in [0.1, 0.15) is 32.7 Å². The normalized spacial score (nSPS) is 13.3. The lowest BCUT2D eigenvalue weighted by Gasteiger charge is -2.13. The second-order valence-corrected chi connectivity index (χ2v) is 6.56. The van der Waals surface area contributed by atoms with E-state index in [1.165, 1.54) is 0 Å². The zero-order chi connectivity index (χ0) is 18.8. The third kappa shape index (κ3) is 3.33. The van der Waals surface area contributed by atoms with Crippen LogP contribution in [0.5, 0.6) is 0 Å². The van der Waals surface area contributed by atoms with E-state index in [0.717, 1.165) is 27.8 Å². The molecule has 3 amide bonds. The minimum absolute atomic E-state index is 0.0908. The van der Waals surface area contributed by atoms with Crippen LogP contribution in [0.3, 0.4) is 0 Å². The summed E-state index contributed by atoms with van der Waals surface area (Å²) in [5.41, 5.74) is 3.04. The van der Waals surface area contributed by atoms with Crippen molar-refractivity contribution in [2.75, 3.05) is 13.1 Å². The number of nitrogens with zero attached hydrogens (tertiary/aromatic N) is 1. The number of carbonyl (C=O) groups excluding carboxylic acids is 3. The molecule has 2 aromatic carbocycles. The van der Waals surface area contributed by atoms with Gasteiger partial charge in [-0.15, -0.1) is 0 Å². The summed E-state index contributed by atoms with van der Waals surface area (Å²) in [6, 6.07) is 14.9. The molecule has 0 saturated heterocycles. The average molecular weight is 361 g/mol. The van der Waals surface area contributed by atoms with Gasteiger partial charge in [0.2, 0.25) is 5.91 Å². The number of nitrogens with one attached hydrogen (secondary N) is 2. The number of imide groups is 1. The van der Waals surface area contributed by atoms with Gasteiger partial charge in [-0.05, 0) is 47.7 Å². The standard InChI is InChI=1S/C21H19N3O3/c25-19(23-10-7-14-5-6-18-15(13-14)8-11-22-18)9-12-24-20(26)16-3-1-2-4-17(16)21(24)27/h1-6,8,11,13,22H,7,9-10,12H2,(H,23,25). The number of hydrogen-bond donors (Lipinski definition) is 2. The fourth-order valence-electron chi connectivity index (χ4n) is 3.35. The summed E-state index contributed by atoms with van der Waals surface area (Å²) >= 11 is 0. The third-order valence-electron chi connectivity index (χ3n) is 4.79. The first-order chi connectivity index (χ1) is 13.1. The summed E-state index contributed by atoms with van der Waals surface area (Å²) < 4.78 is 0.